The molecule has 236 valence electrons. The fraction of sp³-hybridized carbons (Fsp3) is 0.567. The number of aryl methyl sites for hydroxylation is 1. The second kappa shape index (κ2) is 15.9. The molecule has 4 N–H and O–H groups in total. The smallest absolute Gasteiger partial charge is 0.246 e. The largest absolute Gasteiger partial charge is 0.391 e. The van der Waals surface area contributed by atoms with Gasteiger partial charge in [-0.1, -0.05) is 45.0 Å². The van der Waals surface area contributed by atoms with Gasteiger partial charge in [-0.15, -0.1) is 11.3 Å². The van der Waals surface area contributed by atoms with Gasteiger partial charge in [0.25, 0.3) is 0 Å². The molecule has 0 saturated carbocycles. The maximum atomic E-state index is 13.7. The Kier molecular flexibility index (Phi) is 12.6. The van der Waals surface area contributed by atoms with Gasteiger partial charge in [0.2, 0.25) is 23.6 Å². The standard InChI is InChI=1S/C30H43N5O7S/c1-19-26(43-18-33-19)22-8-6-21(7-9-22)15-32-28(39)24-14-23(37)16-35(24)29(40)27(30(3,4)5)34-25(38)17-42-13-12-41-11-10-31-20(2)36/h6-9,18,23-24,27,37H,10-17H2,1-5H3,(H,31,36)(H,32,39)(H,34,38)/t23-,24+,27-/m1/s1. The second-order valence-electron chi connectivity index (χ2n) is 11.6. The van der Waals surface area contributed by atoms with Crippen LogP contribution in [0.3, 0.4) is 0 Å². The molecule has 43 heavy (non-hydrogen) atoms. The molecule has 0 spiro atoms. The third kappa shape index (κ3) is 10.4. The van der Waals surface area contributed by atoms with Crippen LogP contribution in [0.15, 0.2) is 29.8 Å². The van der Waals surface area contributed by atoms with Gasteiger partial charge in [0.15, 0.2) is 0 Å². The summed E-state index contributed by atoms with van der Waals surface area (Å²) < 4.78 is 10.7. The number of rotatable bonds is 14. The number of carbonyl (C=O) groups excluding carboxylic acids is 4. The number of nitrogens with one attached hydrogen (secondary N) is 3. The van der Waals surface area contributed by atoms with Crippen molar-refractivity contribution in [3.63, 3.8) is 0 Å². The molecule has 0 unspecified atom stereocenters. The van der Waals surface area contributed by atoms with Crippen molar-refractivity contribution in [2.45, 2.75) is 65.8 Å². The van der Waals surface area contributed by atoms with E-state index in [0.717, 1.165) is 21.7 Å². The van der Waals surface area contributed by atoms with Gasteiger partial charge in [0, 0.05) is 33.0 Å². The van der Waals surface area contributed by atoms with E-state index < -0.39 is 35.4 Å². The zero-order chi connectivity index (χ0) is 31.6. The average Bonchev–Trinajstić information content (AvgIpc) is 3.56. The molecule has 0 radical (unpaired) electrons. The van der Waals surface area contributed by atoms with Crippen molar-refractivity contribution in [3.8, 4) is 10.4 Å². The molecule has 3 atom stereocenters. The molecule has 1 aliphatic heterocycles. The number of benzene rings is 1. The molecular weight excluding hydrogens is 574 g/mol. The van der Waals surface area contributed by atoms with Crippen LogP contribution in [0.1, 0.15) is 45.4 Å². The highest BCUT2D eigenvalue weighted by molar-refractivity contribution is 7.13. The summed E-state index contributed by atoms with van der Waals surface area (Å²) in [7, 11) is 0. The van der Waals surface area contributed by atoms with Crippen LogP contribution in [0.5, 0.6) is 0 Å². The number of thiazole rings is 1. The summed E-state index contributed by atoms with van der Waals surface area (Å²) in [6.45, 7) is 9.94. The lowest BCUT2D eigenvalue weighted by atomic mass is 9.85. The molecule has 13 heteroatoms. The Morgan fingerprint density at radius 2 is 1.79 bits per heavy atom. The molecule has 2 aromatic rings. The zero-order valence-electron chi connectivity index (χ0n) is 25.5. The fourth-order valence-electron chi connectivity index (χ4n) is 4.67. The number of hydrogen-bond acceptors (Lipinski definition) is 9. The average molecular weight is 618 g/mol. The number of ether oxygens (including phenoxy) is 2. The van der Waals surface area contributed by atoms with Crippen molar-refractivity contribution in [3.05, 3.63) is 41.0 Å². The summed E-state index contributed by atoms with van der Waals surface area (Å²) >= 11 is 1.57. The number of aliphatic hydroxyl groups is 1. The van der Waals surface area contributed by atoms with Crippen molar-refractivity contribution in [2.24, 2.45) is 5.41 Å². The summed E-state index contributed by atoms with van der Waals surface area (Å²) in [5.74, 6) is -1.43. The van der Waals surface area contributed by atoms with E-state index >= 15 is 0 Å². The van der Waals surface area contributed by atoms with Crippen LogP contribution in [0.4, 0.5) is 0 Å². The highest BCUT2D eigenvalue weighted by Gasteiger charge is 2.44. The van der Waals surface area contributed by atoms with Crippen LogP contribution in [0.2, 0.25) is 0 Å². The number of amides is 4. The second-order valence-corrected chi connectivity index (χ2v) is 12.4. The molecular formula is C30H43N5O7S. The molecule has 1 aromatic heterocycles. The number of hydrogen-bond donors (Lipinski definition) is 4. The van der Waals surface area contributed by atoms with Crippen LogP contribution >= 0.6 is 11.3 Å². The first-order valence-corrected chi connectivity index (χ1v) is 15.2. The summed E-state index contributed by atoms with van der Waals surface area (Å²) in [5, 5.41) is 18.6. The van der Waals surface area contributed by atoms with E-state index in [1.165, 1.54) is 11.8 Å². The highest BCUT2D eigenvalue weighted by atomic mass is 32.1. The van der Waals surface area contributed by atoms with E-state index in [1.807, 2.05) is 57.5 Å². The van der Waals surface area contributed by atoms with E-state index in [-0.39, 0.29) is 51.1 Å². The van der Waals surface area contributed by atoms with Gasteiger partial charge < -0.3 is 35.4 Å². The third-order valence-corrected chi connectivity index (χ3v) is 7.91. The minimum absolute atomic E-state index is 0.00536. The van der Waals surface area contributed by atoms with Crippen LogP contribution in [0.25, 0.3) is 10.4 Å². The molecule has 12 nitrogen and oxygen atoms in total. The SMILES string of the molecule is CC(=O)NCCOCCOCC(=O)N[C@H](C(=O)N1C[C@H](O)C[C@H]1C(=O)NCc1ccc(-c2scnc2C)cc1)C(C)(C)C. The van der Waals surface area contributed by atoms with Gasteiger partial charge in [0.1, 0.15) is 18.7 Å². The number of aliphatic hydroxyl groups excluding tert-OH is 1. The minimum Gasteiger partial charge on any atom is -0.391 e. The molecule has 1 fully saturated rings. The first kappa shape index (κ1) is 34.1. The number of likely N-dealkylation sites (tertiary alicyclic amines) is 1. The minimum atomic E-state index is -0.944. The van der Waals surface area contributed by atoms with Gasteiger partial charge in [-0.2, -0.15) is 0 Å². The van der Waals surface area contributed by atoms with Crippen LogP contribution in [0, 0.1) is 12.3 Å². The molecule has 1 aromatic carbocycles. The molecule has 0 bridgehead atoms. The Bertz CT molecular complexity index is 1240. The van der Waals surface area contributed by atoms with E-state index in [1.54, 1.807) is 11.3 Å². The summed E-state index contributed by atoms with van der Waals surface area (Å²) in [5.41, 5.74) is 4.05. The maximum Gasteiger partial charge on any atom is 0.246 e. The van der Waals surface area contributed by atoms with Crippen molar-refractivity contribution in [1.29, 1.82) is 0 Å². The summed E-state index contributed by atoms with van der Waals surface area (Å²) in [6, 6.07) is 6.03. The van der Waals surface area contributed by atoms with Gasteiger partial charge >= 0.3 is 0 Å². The van der Waals surface area contributed by atoms with Crippen molar-refractivity contribution < 1.29 is 33.8 Å². The normalized spacial score (nSPS) is 17.4. The van der Waals surface area contributed by atoms with E-state index in [0.29, 0.717) is 13.2 Å². The fourth-order valence-corrected chi connectivity index (χ4v) is 5.48. The Morgan fingerprint density at radius 3 is 2.42 bits per heavy atom. The zero-order valence-corrected chi connectivity index (χ0v) is 26.3. The predicted molar refractivity (Wildman–Crippen MR) is 162 cm³/mol. The molecule has 1 aliphatic rings. The Morgan fingerprint density at radius 1 is 1.09 bits per heavy atom. The van der Waals surface area contributed by atoms with Gasteiger partial charge in [-0.3, -0.25) is 19.2 Å². The Labute approximate surface area is 256 Å². The summed E-state index contributed by atoms with van der Waals surface area (Å²) in [4.78, 5) is 57.1. The molecule has 4 amide bonds. The Hall–Kier alpha value is -3.39. The molecule has 0 aliphatic carbocycles. The van der Waals surface area contributed by atoms with Crippen LogP contribution in [-0.2, 0) is 35.2 Å². The number of carbonyl (C=O) groups is 4. The van der Waals surface area contributed by atoms with Crippen LogP contribution in [-0.4, -0.2) is 96.3 Å². The van der Waals surface area contributed by atoms with Crippen LogP contribution < -0.4 is 16.0 Å². The first-order chi connectivity index (χ1) is 20.4. The number of nitrogens with zero attached hydrogens (tertiary/aromatic N) is 2. The lowest BCUT2D eigenvalue weighted by Gasteiger charge is -2.35. The molecule has 1 saturated heterocycles. The van der Waals surface area contributed by atoms with Crippen molar-refractivity contribution in [1.82, 2.24) is 25.8 Å². The van der Waals surface area contributed by atoms with Crippen molar-refractivity contribution in [2.75, 3.05) is 39.5 Å². The molecule has 2 heterocycles. The van der Waals surface area contributed by atoms with E-state index in [4.69, 9.17) is 9.47 Å². The number of β-amino-alcohol motifs (C(OH)–C–C–N with tert-alkyl or cyclic N) is 1. The Balaban J connectivity index is 1.53. The topological polar surface area (TPSA) is 159 Å². The van der Waals surface area contributed by atoms with E-state index in [9.17, 15) is 24.3 Å². The van der Waals surface area contributed by atoms with E-state index in [2.05, 4.69) is 20.9 Å². The lowest BCUT2D eigenvalue weighted by Crippen LogP contribution is -2.58. The molecule has 3 rings (SSSR count). The third-order valence-electron chi connectivity index (χ3n) is 6.94. The van der Waals surface area contributed by atoms with Gasteiger partial charge in [-0.25, -0.2) is 4.98 Å². The summed E-state index contributed by atoms with van der Waals surface area (Å²) in [6.07, 6.45) is -0.747. The highest BCUT2D eigenvalue weighted by Crippen LogP contribution is 2.28. The lowest BCUT2D eigenvalue weighted by molar-refractivity contribution is -0.144. The monoisotopic (exact) mass is 617 g/mol. The quantitative estimate of drug-likeness (QED) is 0.232. The maximum absolute atomic E-state index is 13.7. The number of aromatic nitrogens is 1. The predicted octanol–water partition coefficient (Wildman–Crippen LogP) is 1.40. The van der Waals surface area contributed by atoms with Gasteiger partial charge in [-0.05, 0) is 23.5 Å². The van der Waals surface area contributed by atoms with Gasteiger partial charge in [0.05, 0.1) is 42.0 Å². The first-order valence-electron chi connectivity index (χ1n) is 14.3. The van der Waals surface area contributed by atoms with Crippen molar-refractivity contribution >= 4 is 35.0 Å².